The maximum atomic E-state index is 12.7. The van der Waals surface area contributed by atoms with E-state index in [1.165, 1.54) is 49.4 Å². The van der Waals surface area contributed by atoms with Gasteiger partial charge in [-0.2, -0.15) is 13.2 Å². The zero-order chi connectivity index (χ0) is 21.8. The number of hydrogen-bond acceptors (Lipinski definition) is 4. The summed E-state index contributed by atoms with van der Waals surface area (Å²) in [7, 11) is -3.65. The lowest BCUT2D eigenvalue weighted by molar-refractivity contribution is -0.123. The molecular formula is C19H19F3N2O4S. The zero-order valence-corrected chi connectivity index (χ0v) is 16.4. The Bertz CT molecular complexity index is 1030. The molecule has 0 spiro atoms. The Balaban J connectivity index is 2.29. The third-order valence-electron chi connectivity index (χ3n) is 4.04. The van der Waals surface area contributed by atoms with E-state index in [0.29, 0.717) is 5.56 Å². The molecule has 2 aromatic rings. The van der Waals surface area contributed by atoms with Gasteiger partial charge in [-0.25, -0.2) is 8.42 Å². The van der Waals surface area contributed by atoms with E-state index in [4.69, 9.17) is 0 Å². The molecule has 0 saturated carbocycles. The van der Waals surface area contributed by atoms with Crippen LogP contribution in [0, 0.1) is 6.92 Å². The quantitative estimate of drug-likeness (QED) is 0.738. The summed E-state index contributed by atoms with van der Waals surface area (Å²) in [4.78, 5) is 24.5. The highest BCUT2D eigenvalue weighted by molar-refractivity contribution is 7.91. The molecule has 2 N–H and O–H groups in total. The number of sulfone groups is 1. The van der Waals surface area contributed by atoms with Gasteiger partial charge in [0.05, 0.1) is 16.2 Å². The second-order valence-electron chi connectivity index (χ2n) is 6.18. The highest BCUT2D eigenvalue weighted by atomic mass is 32.2. The molecule has 29 heavy (non-hydrogen) atoms. The van der Waals surface area contributed by atoms with Crippen LogP contribution in [0.4, 0.5) is 18.9 Å². The minimum absolute atomic E-state index is 0.0688. The number of carbonyl (C=O) groups excluding carboxylic acids is 2. The topological polar surface area (TPSA) is 92.3 Å². The fraction of sp³-hybridized carbons (Fsp3) is 0.263. The van der Waals surface area contributed by atoms with Crippen LogP contribution in [0.15, 0.2) is 47.4 Å². The SMILES string of the molecule is CCS(=O)(=O)c1ccccc1C(=O)Nc1cc(C(=O)NCC(F)(F)F)ccc1C. The Kier molecular flexibility index (Phi) is 6.68. The smallest absolute Gasteiger partial charge is 0.343 e. The van der Waals surface area contributed by atoms with E-state index in [9.17, 15) is 31.2 Å². The molecule has 0 bridgehead atoms. The second kappa shape index (κ2) is 8.64. The number of amides is 2. The molecule has 0 aliphatic rings. The maximum absolute atomic E-state index is 12.7. The van der Waals surface area contributed by atoms with Crippen molar-refractivity contribution >= 4 is 27.3 Å². The van der Waals surface area contributed by atoms with Crippen molar-refractivity contribution in [3.8, 4) is 0 Å². The van der Waals surface area contributed by atoms with Crippen LogP contribution in [-0.2, 0) is 9.84 Å². The van der Waals surface area contributed by atoms with Crippen molar-refractivity contribution in [3.63, 3.8) is 0 Å². The van der Waals surface area contributed by atoms with Crippen LogP contribution < -0.4 is 10.6 Å². The Morgan fingerprint density at radius 2 is 1.69 bits per heavy atom. The van der Waals surface area contributed by atoms with Crippen molar-refractivity contribution in [1.82, 2.24) is 5.32 Å². The Hall–Kier alpha value is -2.88. The number of hydrogen-bond donors (Lipinski definition) is 2. The van der Waals surface area contributed by atoms with Gasteiger partial charge in [0.15, 0.2) is 9.84 Å². The summed E-state index contributed by atoms with van der Waals surface area (Å²) in [5.41, 5.74) is 0.574. The standard InChI is InChI=1S/C19H19F3N2O4S/c1-3-29(27,28)16-7-5-4-6-14(16)18(26)24-15-10-13(9-8-12(15)2)17(25)23-11-19(20,21)22/h4-10H,3,11H2,1-2H3,(H,23,25)(H,24,26). The molecule has 2 rings (SSSR count). The van der Waals surface area contributed by atoms with Gasteiger partial charge in [0.2, 0.25) is 0 Å². The highest BCUT2D eigenvalue weighted by Crippen LogP contribution is 2.22. The largest absolute Gasteiger partial charge is 0.405 e. The lowest BCUT2D eigenvalue weighted by Gasteiger charge is -2.13. The summed E-state index contributed by atoms with van der Waals surface area (Å²) in [5.74, 6) is -1.86. The van der Waals surface area contributed by atoms with Crippen LogP contribution in [0.5, 0.6) is 0 Å². The number of aryl methyl sites for hydroxylation is 1. The second-order valence-corrected chi connectivity index (χ2v) is 8.43. The predicted molar refractivity (Wildman–Crippen MR) is 102 cm³/mol. The Labute approximate surface area is 166 Å². The molecule has 0 saturated heterocycles. The predicted octanol–water partition coefficient (Wildman–Crippen LogP) is 3.33. The molecule has 0 unspecified atom stereocenters. The van der Waals surface area contributed by atoms with Crippen LogP contribution in [0.1, 0.15) is 33.2 Å². The van der Waals surface area contributed by atoms with Gasteiger partial charge in [0, 0.05) is 11.3 Å². The third-order valence-corrected chi connectivity index (χ3v) is 5.83. The lowest BCUT2D eigenvalue weighted by atomic mass is 10.1. The van der Waals surface area contributed by atoms with Crippen LogP contribution >= 0.6 is 0 Å². The fourth-order valence-electron chi connectivity index (χ4n) is 2.45. The van der Waals surface area contributed by atoms with Crippen LogP contribution in [0.3, 0.4) is 0 Å². The summed E-state index contributed by atoms with van der Waals surface area (Å²) in [6.07, 6.45) is -4.55. The maximum Gasteiger partial charge on any atom is 0.405 e. The van der Waals surface area contributed by atoms with E-state index in [0.717, 1.165) is 0 Å². The number of halogens is 3. The molecule has 0 fully saturated rings. The van der Waals surface area contributed by atoms with E-state index in [1.807, 2.05) is 0 Å². The van der Waals surface area contributed by atoms with Crippen molar-refractivity contribution in [2.45, 2.75) is 24.9 Å². The number of nitrogens with one attached hydrogen (secondary N) is 2. The molecular weight excluding hydrogens is 409 g/mol. The van der Waals surface area contributed by atoms with Gasteiger partial charge >= 0.3 is 6.18 Å². The van der Waals surface area contributed by atoms with Crippen LogP contribution in [-0.4, -0.2) is 38.7 Å². The first-order valence-electron chi connectivity index (χ1n) is 8.53. The molecule has 10 heteroatoms. The first-order chi connectivity index (χ1) is 13.4. The van der Waals surface area contributed by atoms with Crippen molar-refractivity contribution in [1.29, 1.82) is 0 Å². The lowest BCUT2D eigenvalue weighted by Crippen LogP contribution is -2.33. The number of rotatable bonds is 6. The molecule has 2 aromatic carbocycles. The summed E-state index contributed by atoms with van der Waals surface area (Å²) < 4.78 is 61.3. The summed E-state index contributed by atoms with van der Waals surface area (Å²) in [5, 5.41) is 4.28. The van der Waals surface area contributed by atoms with Crippen LogP contribution in [0.2, 0.25) is 0 Å². The van der Waals surface area contributed by atoms with Gasteiger partial charge in [0.1, 0.15) is 6.54 Å². The molecule has 0 aliphatic heterocycles. The van der Waals surface area contributed by atoms with Gasteiger partial charge in [-0.15, -0.1) is 0 Å². The molecule has 0 radical (unpaired) electrons. The average molecular weight is 428 g/mol. The van der Waals surface area contributed by atoms with Crippen molar-refractivity contribution in [3.05, 3.63) is 59.2 Å². The Morgan fingerprint density at radius 1 is 1.03 bits per heavy atom. The molecule has 0 aromatic heterocycles. The van der Waals surface area contributed by atoms with Gasteiger partial charge in [0.25, 0.3) is 11.8 Å². The van der Waals surface area contributed by atoms with Crippen molar-refractivity contribution < 1.29 is 31.2 Å². The fourth-order valence-corrected chi connectivity index (χ4v) is 3.54. The van der Waals surface area contributed by atoms with E-state index < -0.39 is 34.4 Å². The molecule has 0 atom stereocenters. The van der Waals surface area contributed by atoms with Crippen molar-refractivity contribution in [2.24, 2.45) is 0 Å². The van der Waals surface area contributed by atoms with Gasteiger partial charge in [-0.1, -0.05) is 25.1 Å². The first kappa shape index (κ1) is 22.4. The average Bonchev–Trinajstić information content (AvgIpc) is 2.67. The summed E-state index contributed by atoms with van der Waals surface area (Å²) in [6, 6.07) is 9.71. The number of anilines is 1. The van der Waals surface area contributed by atoms with Gasteiger partial charge < -0.3 is 10.6 Å². The minimum atomic E-state index is -4.55. The van der Waals surface area contributed by atoms with E-state index >= 15 is 0 Å². The van der Waals surface area contributed by atoms with Gasteiger partial charge in [-0.05, 0) is 36.8 Å². The first-order valence-corrected chi connectivity index (χ1v) is 10.2. The summed E-state index contributed by atoms with van der Waals surface area (Å²) >= 11 is 0. The molecule has 0 heterocycles. The zero-order valence-electron chi connectivity index (χ0n) is 15.6. The van der Waals surface area contributed by atoms with Crippen LogP contribution in [0.25, 0.3) is 0 Å². The summed E-state index contributed by atoms with van der Waals surface area (Å²) in [6.45, 7) is 1.60. The van der Waals surface area contributed by atoms with Crippen molar-refractivity contribution in [2.75, 3.05) is 17.6 Å². The van der Waals surface area contributed by atoms with E-state index in [-0.39, 0.29) is 27.5 Å². The molecule has 2 amide bonds. The normalized spacial score (nSPS) is 11.8. The highest BCUT2D eigenvalue weighted by Gasteiger charge is 2.28. The number of alkyl halides is 3. The number of carbonyl (C=O) groups is 2. The monoisotopic (exact) mass is 428 g/mol. The minimum Gasteiger partial charge on any atom is -0.343 e. The third kappa shape index (κ3) is 5.80. The number of benzene rings is 2. The van der Waals surface area contributed by atoms with E-state index in [2.05, 4.69) is 5.32 Å². The van der Waals surface area contributed by atoms with E-state index in [1.54, 1.807) is 12.2 Å². The molecule has 156 valence electrons. The Morgan fingerprint density at radius 3 is 2.31 bits per heavy atom. The van der Waals surface area contributed by atoms with Gasteiger partial charge in [-0.3, -0.25) is 9.59 Å². The molecule has 6 nitrogen and oxygen atoms in total. The molecule has 0 aliphatic carbocycles.